The molecule has 0 spiro atoms. The number of rotatable bonds is 3. The van der Waals surface area contributed by atoms with E-state index in [9.17, 15) is 4.79 Å². The van der Waals surface area contributed by atoms with Crippen molar-refractivity contribution in [1.29, 1.82) is 0 Å². The first kappa shape index (κ1) is 12.9. The van der Waals surface area contributed by atoms with E-state index in [1.54, 1.807) is 0 Å². The highest BCUT2D eigenvalue weighted by Crippen LogP contribution is 2.35. The third-order valence-corrected chi connectivity index (χ3v) is 4.57. The molecule has 2 saturated carbocycles. The normalized spacial score (nSPS) is 35.7. The Kier molecular flexibility index (Phi) is 4.08. The maximum atomic E-state index is 11.8. The number of amides is 1. The summed E-state index contributed by atoms with van der Waals surface area (Å²) in [5, 5.41) is 3.63. The summed E-state index contributed by atoms with van der Waals surface area (Å²) in [6.45, 7) is 2.22. The maximum Gasteiger partial charge on any atom is 0.237 e. The molecule has 0 saturated heterocycles. The van der Waals surface area contributed by atoms with Crippen molar-refractivity contribution in [3.05, 3.63) is 0 Å². The van der Waals surface area contributed by atoms with Crippen LogP contribution >= 0.6 is 0 Å². The van der Waals surface area contributed by atoms with Crippen molar-refractivity contribution in [3.63, 3.8) is 0 Å². The molecule has 0 aromatic carbocycles. The molecular weight excluding hydrogens is 212 g/mol. The number of hydrogen-bond donors (Lipinski definition) is 2. The van der Waals surface area contributed by atoms with Crippen molar-refractivity contribution < 1.29 is 4.79 Å². The molecule has 98 valence electrons. The lowest BCUT2D eigenvalue weighted by atomic mass is 9.92. The van der Waals surface area contributed by atoms with Gasteiger partial charge in [-0.1, -0.05) is 32.6 Å². The van der Waals surface area contributed by atoms with Gasteiger partial charge in [0.2, 0.25) is 5.91 Å². The van der Waals surface area contributed by atoms with Gasteiger partial charge in [0.1, 0.15) is 0 Å². The molecule has 0 aromatic rings. The molecule has 0 aromatic heterocycles. The average molecular weight is 238 g/mol. The van der Waals surface area contributed by atoms with Crippen molar-refractivity contribution in [2.24, 2.45) is 11.7 Å². The molecule has 0 radical (unpaired) electrons. The summed E-state index contributed by atoms with van der Waals surface area (Å²) in [5.41, 5.74) is 5.26. The minimum absolute atomic E-state index is 0.133. The van der Waals surface area contributed by atoms with Crippen molar-refractivity contribution in [1.82, 2.24) is 5.32 Å². The standard InChI is InChI=1S/C14H26N2O/c1-11-8-9-14(10-11,13(15)17)16-12-6-4-2-3-5-7-12/h11-12,16H,2-10H2,1H3,(H2,15,17). The SMILES string of the molecule is CC1CCC(NC2CCCCCC2)(C(N)=O)C1. The number of primary amides is 1. The second-order valence-corrected chi connectivity index (χ2v) is 6.13. The quantitative estimate of drug-likeness (QED) is 0.742. The minimum atomic E-state index is -0.394. The van der Waals surface area contributed by atoms with Gasteiger partial charge < -0.3 is 11.1 Å². The van der Waals surface area contributed by atoms with Gasteiger partial charge in [-0.05, 0) is 38.0 Å². The summed E-state index contributed by atoms with van der Waals surface area (Å²) in [6, 6.07) is 0.510. The smallest absolute Gasteiger partial charge is 0.237 e. The van der Waals surface area contributed by atoms with Crippen molar-refractivity contribution in [3.8, 4) is 0 Å². The molecule has 3 N–H and O–H groups in total. The van der Waals surface area contributed by atoms with E-state index >= 15 is 0 Å². The topological polar surface area (TPSA) is 55.1 Å². The molecule has 0 heterocycles. The van der Waals surface area contributed by atoms with E-state index in [-0.39, 0.29) is 5.91 Å². The number of carbonyl (C=O) groups excluding carboxylic acids is 1. The van der Waals surface area contributed by atoms with Gasteiger partial charge in [0.15, 0.2) is 0 Å². The van der Waals surface area contributed by atoms with Crippen molar-refractivity contribution in [2.45, 2.75) is 76.3 Å². The highest BCUT2D eigenvalue weighted by molar-refractivity contribution is 5.85. The Morgan fingerprint density at radius 2 is 1.82 bits per heavy atom. The van der Waals surface area contributed by atoms with E-state index in [0.29, 0.717) is 12.0 Å². The predicted octanol–water partition coefficient (Wildman–Crippen LogP) is 2.34. The fraction of sp³-hybridized carbons (Fsp3) is 0.929. The average Bonchev–Trinajstić information content (AvgIpc) is 2.51. The lowest BCUT2D eigenvalue weighted by molar-refractivity contribution is -0.124. The zero-order valence-corrected chi connectivity index (χ0v) is 11.0. The van der Waals surface area contributed by atoms with Gasteiger partial charge in [-0.2, -0.15) is 0 Å². The van der Waals surface area contributed by atoms with E-state index < -0.39 is 5.54 Å². The van der Waals surface area contributed by atoms with Gasteiger partial charge in [0.25, 0.3) is 0 Å². The van der Waals surface area contributed by atoms with Crippen LogP contribution in [0.3, 0.4) is 0 Å². The van der Waals surface area contributed by atoms with E-state index in [4.69, 9.17) is 5.73 Å². The Balaban J connectivity index is 1.99. The van der Waals surface area contributed by atoms with Gasteiger partial charge in [0.05, 0.1) is 5.54 Å². The van der Waals surface area contributed by atoms with Crippen molar-refractivity contribution >= 4 is 5.91 Å². The minimum Gasteiger partial charge on any atom is -0.368 e. The molecule has 2 aliphatic carbocycles. The summed E-state index contributed by atoms with van der Waals surface area (Å²) < 4.78 is 0. The molecule has 2 aliphatic rings. The van der Waals surface area contributed by atoms with E-state index in [0.717, 1.165) is 19.3 Å². The van der Waals surface area contributed by atoms with E-state index in [1.165, 1.54) is 38.5 Å². The van der Waals surface area contributed by atoms with Crippen LogP contribution in [0.2, 0.25) is 0 Å². The summed E-state index contributed by atoms with van der Waals surface area (Å²) in [6.07, 6.45) is 10.7. The highest BCUT2D eigenvalue weighted by atomic mass is 16.1. The molecule has 2 fully saturated rings. The van der Waals surface area contributed by atoms with Crippen LogP contribution in [0.25, 0.3) is 0 Å². The van der Waals surface area contributed by atoms with Crippen LogP contribution in [0.5, 0.6) is 0 Å². The molecule has 2 rings (SSSR count). The third kappa shape index (κ3) is 3.01. The summed E-state index contributed by atoms with van der Waals surface area (Å²) in [5.74, 6) is 0.492. The fourth-order valence-electron chi connectivity index (χ4n) is 3.53. The first-order chi connectivity index (χ1) is 8.12. The summed E-state index contributed by atoms with van der Waals surface area (Å²) in [4.78, 5) is 11.8. The molecule has 0 bridgehead atoms. The monoisotopic (exact) mass is 238 g/mol. The Morgan fingerprint density at radius 1 is 1.18 bits per heavy atom. The Labute approximate surface area is 105 Å². The van der Waals surface area contributed by atoms with Gasteiger partial charge in [-0.3, -0.25) is 4.79 Å². The molecule has 0 aliphatic heterocycles. The number of nitrogens with two attached hydrogens (primary N) is 1. The number of carbonyl (C=O) groups is 1. The molecular formula is C14H26N2O. The van der Waals surface area contributed by atoms with Crippen LogP contribution in [0.1, 0.15) is 64.7 Å². The molecule has 1 amide bonds. The number of nitrogens with one attached hydrogen (secondary N) is 1. The van der Waals surface area contributed by atoms with Gasteiger partial charge in [-0.25, -0.2) is 0 Å². The van der Waals surface area contributed by atoms with Gasteiger partial charge in [0, 0.05) is 6.04 Å². The third-order valence-electron chi connectivity index (χ3n) is 4.57. The molecule has 2 unspecified atom stereocenters. The van der Waals surface area contributed by atoms with Crippen LogP contribution in [-0.4, -0.2) is 17.5 Å². The van der Waals surface area contributed by atoms with E-state index in [1.807, 2.05) is 0 Å². The maximum absolute atomic E-state index is 11.8. The summed E-state index contributed by atoms with van der Waals surface area (Å²) >= 11 is 0. The summed E-state index contributed by atoms with van der Waals surface area (Å²) in [7, 11) is 0. The molecule has 2 atom stereocenters. The van der Waals surface area contributed by atoms with Crippen LogP contribution in [-0.2, 0) is 4.79 Å². The fourth-order valence-corrected chi connectivity index (χ4v) is 3.53. The van der Waals surface area contributed by atoms with Gasteiger partial charge in [-0.15, -0.1) is 0 Å². The van der Waals surface area contributed by atoms with E-state index in [2.05, 4.69) is 12.2 Å². The second kappa shape index (κ2) is 5.38. The molecule has 3 heteroatoms. The van der Waals surface area contributed by atoms with Gasteiger partial charge >= 0.3 is 0 Å². The zero-order valence-electron chi connectivity index (χ0n) is 11.0. The Hall–Kier alpha value is -0.570. The first-order valence-corrected chi connectivity index (χ1v) is 7.20. The van der Waals surface area contributed by atoms with Crippen LogP contribution < -0.4 is 11.1 Å². The zero-order chi connectivity index (χ0) is 12.3. The lowest BCUT2D eigenvalue weighted by Gasteiger charge is -2.32. The Bertz CT molecular complexity index is 271. The Morgan fingerprint density at radius 3 is 2.29 bits per heavy atom. The second-order valence-electron chi connectivity index (χ2n) is 6.13. The highest BCUT2D eigenvalue weighted by Gasteiger charge is 2.43. The largest absolute Gasteiger partial charge is 0.368 e. The first-order valence-electron chi connectivity index (χ1n) is 7.20. The van der Waals surface area contributed by atoms with Crippen LogP contribution in [0.15, 0.2) is 0 Å². The van der Waals surface area contributed by atoms with Crippen molar-refractivity contribution in [2.75, 3.05) is 0 Å². The lowest BCUT2D eigenvalue weighted by Crippen LogP contribution is -2.57. The van der Waals surface area contributed by atoms with Crippen LogP contribution in [0, 0.1) is 5.92 Å². The molecule has 17 heavy (non-hydrogen) atoms. The molecule has 3 nitrogen and oxygen atoms in total. The predicted molar refractivity (Wildman–Crippen MR) is 69.6 cm³/mol. The number of hydrogen-bond acceptors (Lipinski definition) is 2. The van der Waals surface area contributed by atoms with Crippen LogP contribution in [0.4, 0.5) is 0 Å².